The van der Waals surface area contributed by atoms with Crippen molar-refractivity contribution in [2.75, 3.05) is 20.3 Å². The first-order valence-corrected chi connectivity index (χ1v) is 11.2. The predicted molar refractivity (Wildman–Crippen MR) is 120 cm³/mol. The van der Waals surface area contributed by atoms with Crippen molar-refractivity contribution in [3.05, 3.63) is 54.1 Å². The third-order valence-electron chi connectivity index (χ3n) is 6.59. The van der Waals surface area contributed by atoms with Gasteiger partial charge in [0.2, 0.25) is 11.8 Å². The number of nitrogens with one attached hydrogen (secondary N) is 1. The zero-order chi connectivity index (χ0) is 22.1. The SMILES string of the molecule is CN(C(=O)c1ccc(-c2nc3ccccc3o2)cc1)[C@@H]1CC[C@H](C(=O)NC2CCOC2)C1. The Balaban J connectivity index is 1.21. The summed E-state index contributed by atoms with van der Waals surface area (Å²) in [6.45, 7) is 1.31. The molecule has 1 aromatic heterocycles. The summed E-state index contributed by atoms with van der Waals surface area (Å²) < 4.78 is 11.1. The van der Waals surface area contributed by atoms with Gasteiger partial charge in [-0.25, -0.2) is 4.98 Å². The van der Waals surface area contributed by atoms with Gasteiger partial charge in [-0.05, 0) is 62.1 Å². The van der Waals surface area contributed by atoms with Gasteiger partial charge in [-0.3, -0.25) is 9.59 Å². The molecule has 3 atom stereocenters. The lowest BCUT2D eigenvalue weighted by atomic mass is 10.1. The van der Waals surface area contributed by atoms with Crippen molar-refractivity contribution in [1.29, 1.82) is 0 Å². The van der Waals surface area contributed by atoms with Gasteiger partial charge in [-0.2, -0.15) is 0 Å². The quantitative estimate of drug-likeness (QED) is 0.664. The molecule has 2 aliphatic rings. The van der Waals surface area contributed by atoms with Crippen molar-refractivity contribution in [2.24, 2.45) is 5.92 Å². The Kier molecular flexibility index (Phi) is 5.66. The van der Waals surface area contributed by atoms with E-state index in [1.54, 1.807) is 4.90 Å². The van der Waals surface area contributed by atoms with Gasteiger partial charge in [0.25, 0.3) is 5.91 Å². The molecule has 2 aromatic carbocycles. The van der Waals surface area contributed by atoms with Crippen LogP contribution >= 0.6 is 0 Å². The summed E-state index contributed by atoms with van der Waals surface area (Å²) in [6.07, 6.45) is 3.21. The number of benzene rings is 2. The Hall–Kier alpha value is -3.19. The fraction of sp³-hybridized carbons (Fsp3) is 0.400. The standard InChI is InChI=1S/C25H27N3O4/c1-28(20-11-10-18(14-20)23(29)26-19-12-13-31-15-19)25(30)17-8-6-16(7-9-17)24-27-21-4-2-3-5-22(21)32-24/h2-9,18-20H,10-15H2,1H3,(H,26,29)/t18-,19?,20+/m0/s1. The summed E-state index contributed by atoms with van der Waals surface area (Å²) in [7, 11) is 1.83. The molecule has 1 saturated heterocycles. The second-order valence-corrected chi connectivity index (χ2v) is 8.71. The van der Waals surface area contributed by atoms with Crippen molar-refractivity contribution in [3.8, 4) is 11.5 Å². The van der Waals surface area contributed by atoms with Gasteiger partial charge in [0.1, 0.15) is 5.52 Å². The number of oxazole rings is 1. The lowest BCUT2D eigenvalue weighted by Gasteiger charge is -2.25. The normalized spacial score (nSPS) is 22.8. The van der Waals surface area contributed by atoms with Gasteiger partial charge >= 0.3 is 0 Å². The zero-order valence-corrected chi connectivity index (χ0v) is 18.1. The monoisotopic (exact) mass is 433 g/mol. The van der Waals surface area contributed by atoms with Crippen molar-refractivity contribution >= 4 is 22.9 Å². The van der Waals surface area contributed by atoms with E-state index < -0.39 is 0 Å². The van der Waals surface area contributed by atoms with Gasteiger partial charge in [-0.1, -0.05) is 12.1 Å². The highest BCUT2D eigenvalue weighted by atomic mass is 16.5. The molecule has 166 valence electrons. The number of aromatic nitrogens is 1. The van der Waals surface area contributed by atoms with Crippen LogP contribution in [-0.2, 0) is 9.53 Å². The summed E-state index contributed by atoms with van der Waals surface area (Å²) in [5.74, 6) is 0.546. The molecule has 7 nitrogen and oxygen atoms in total. The highest BCUT2D eigenvalue weighted by molar-refractivity contribution is 5.95. The van der Waals surface area contributed by atoms with Crippen molar-refractivity contribution in [2.45, 2.75) is 37.8 Å². The molecule has 32 heavy (non-hydrogen) atoms. The molecular weight excluding hydrogens is 406 g/mol. The number of hydrogen-bond donors (Lipinski definition) is 1. The number of carbonyl (C=O) groups is 2. The number of ether oxygens (including phenoxy) is 1. The molecule has 2 amide bonds. The van der Waals surface area contributed by atoms with Crippen molar-refractivity contribution < 1.29 is 18.7 Å². The molecule has 5 rings (SSSR count). The molecule has 0 radical (unpaired) electrons. The van der Waals surface area contributed by atoms with E-state index in [-0.39, 0.29) is 29.8 Å². The smallest absolute Gasteiger partial charge is 0.253 e. The second-order valence-electron chi connectivity index (χ2n) is 8.71. The van der Waals surface area contributed by atoms with Crippen LogP contribution in [0.15, 0.2) is 52.9 Å². The third kappa shape index (κ3) is 4.12. The van der Waals surface area contributed by atoms with E-state index in [0.717, 1.165) is 35.9 Å². The maximum Gasteiger partial charge on any atom is 0.253 e. The minimum atomic E-state index is -0.0441. The van der Waals surface area contributed by atoms with Gasteiger partial charge < -0.3 is 19.4 Å². The highest BCUT2D eigenvalue weighted by Gasteiger charge is 2.35. The minimum Gasteiger partial charge on any atom is -0.436 e. The molecule has 1 N–H and O–H groups in total. The van der Waals surface area contributed by atoms with Crippen molar-refractivity contribution in [1.82, 2.24) is 15.2 Å². The average molecular weight is 434 g/mol. The average Bonchev–Trinajstić information content (AvgIpc) is 3.58. The number of nitrogens with zero attached hydrogens (tertiary/aromatic N) is 2. The molecule has 0 spiro atoms. The van der Waals surface area contributed by atoms with E-state index in [0.29, 0.717) is 31.1 Å². The summed E-state index contributed by atoms with van der Waals surface area (Å²) in [5.41, 5.74) is 2.99. The van der Waals surface area contributed by atoms with E-state index >= 15 is 0 Å². The van der Waals surface area contributed by atoms with E-state index in [1.165, 1.54) is 0 Å². The Labute approximate surface area is 186 Å². The number of fused-ring (bicyclic) bond motifs is 1. The van der Waals surface area contributed by atoms with Crippen LogP contribution in [0.25, 0.3) is 22.6 Å². The number of amides is 2. The topological polar surface area (TPSA) is 84.7 Å². The molecule has 1 saturated carbocycles. The van der Waals surface area contributed by atoms with Crippen LogP contribution in [0, 0.1) is 5.92 Å². The Morgan fingerprint density at radius 1 is 1.06 bits per heavy atom. The Morgan fingerprint density at radius 2 is 1.88 bits per heavy atom. The highest BCUT2D eigenvalue weighted by Crippen LogP contribution is 2.30. The van der Waals surface area contributed by atoms with Gasteiger partial charge in [0.15, 0.2) is 5.58 Å². The molecule has 1 unspecified atom stereocenters. The van der Waals surface area contributed by atoms with Crippen LogP contribution in [0.2, 0.25) is 0 Å². The maximum absolute atomic E-state index is 13.0. The zero-order valence-electron chi connectivity index (χ0n) is 18.1. The second kappa shape index (κ2) is 8.74. The van der Waals surface area contributed by atoms with Crippen molar-refractivity contribution in [3.63, 3.8) is 0 Å². The first-order chi connectivity index (χ1) is 15.6. The van der Waals surface area contributed by atoms with E-state index in [1.807, 2.05) is 55.6 Å². The van der Waals surface area contributed by atoms with Gasteiger partial charge in [0.05, 0.1) is 12.6 Å². The van der Waals surface area contributed by atoms with Crippen LogP contribution in [0.4, 0.5) is 0 Å². The molecule has 3 aromatic rings. The van der Waals surface area contributed by atoms with Crippen LogP contribution in [0.3, 0.4) is 0 Å². The molecular formula is C25H27N3O4. The molecule has 1 aliphatic heterocycles. The van der Waals surface area contributed by atoms with Crippen LogP contribution in [-0.4, -0.2) is 54.0 Å². The van der Waals surface area contributed by atoms with Gasteiger partial charge in [-0.15, -0.1) is 0 Å². The molecule has 2 heterocycles. The maximum atomic E-state index is 13.0. The van der Waals surface area contributed by atoms with E-state index in [4.69, 9.17) is 9.15 Å². The fourth-order valence-electron chi connectivity index (χ4n) is 4.64. The lowest BCUT2D eigenvalue weighted by molar-refractivity contribution is -0.125. The van der Waals surface area contributed by atoms with Gasteiger partial charge in [0, 0.05) is 36.7 Å². The first kappa shape index (κ1) is 20.7. The summed E-state index contributed by atoms with van der Waals surface area (Å²) in [6, 6.07) is 15.2. The number of rotatable bonds is 5. The van der Waals surface area contributed by atoms with E-state index in [2.05, 4.69) is 10.3 Å². The number of carbonyl (C=O) groups excluding carboxylic acids is 2. The first-order valence-electron chi connectivity index (χ1n) is 11.2. The molecule has 1 aliphatic carbocycles. The summed E-state index contributed by atoms with van der Waals surface area (Å²) in [4.78, 5) is 31.9. The predicted octanol–water partition coefficient (Wildman–Crippen LogP) is 3.64. The Morgan fingerprint density at radius 3 is 2.62 bits per heavy atom. The van der Waals surface area contributed by atoms with E-state index in [9.17, 15) is 9.59 Å². The minimum absolute atomic E-state index is 0.0376. The van der Waals surface area contributed by atoms with Crippen LogP contribution in [0.5, 0.6) is 0 Å². The number of hydrogen-bond acceptors (Lipinski definition) is 5. The third-order valence-corrected chi connectivity index (χ3v) is 6.59. The van der Waals surface area contributed by atoms with Crippen LogP contribution in [0.1, 0.15) is 36.0 Å². The number of para-hydroxylation sites is 2. The van der Waals surface area contributed by atoms with Crippen LogP contribution < -0.4 is 5.32 Å². The Bertz CT molecular complexity index is 1080. The summed E-state index contributed by atoms with van der Waals surface area (Å²) in [5, 5.41) is 3.09. The lowest BCUT2D eigenvalue weighted by Crippen LogP contribution is -2.40. The largest absolute Gasteiger partial charge is 0.436 e. The molecule has 2 fully saturated rings. The summed E-state index contributed by atoms with van der Waals surface area (Å²) >= 11 is 0. The molecule has 0 bridgehead atoms. The molecule has 7 heteroatoms. The fourth-order valence-corrected chi connectivity index (χ4v) is 4.64.